The number of aryl methyl sites for hydroxylation is 1. The fraction of sp³-hybridized carbons (Fsp3) is 0.125. The predicted octanol–water partition coefficient (Wildman–Crippen LogP) is 2.93. The summed E-state index contributed by atoms with van der Waals surface area (Å²) in [6.07, 6.45) is 0. The molecule has 2 aromatic rings. The van der Waals surface area contributed by atoms with Crippen molar-refractivity contribution >= 4 is 34.6 Å². The summed E-state index contributed by atoms with van der Waals surface area (Å²) in [6.45, 7) is 1.68. The molecule has 0 aliphatic heterocycles. The highest BCUT2D eigenvalue weighted by Gasteiger charge is 2.15. The minimum atomic E-state index is -0.961. The van der Waals surface area contributed by atoms with Crippen LogP contribution in [-0.2, 0) is 4.79 Å². The smallest absolute Gasteiger partial charge is 0.306 e. The van der Waals surface area contributed by atoms with Crippen molar-refractivity contribution in [3.63, 3.8) is 0 Å². The van der Waals surface area contributed by atoms with E-state index in [9.17, 15) is 19.3 Å². The Balaban J connectivity index is 1.87. The molecule has 0 bridgehead atoms. The molecule has 1 amide bonds. The standard InChI is InChI=1S/C16H14FN3O4S/c1-10-2-5-12(6-3-10)24-9-15(21)19-16(25)18-11-4-7-13(17)14(8-11)20(22)23/h2-8H,9H2,1H3,(H2,18,19,21,25). The fourth-order valence-corrected chi connectivity index (χ4v) is 2.07. The normalized spacial score (nSPS) is 10.0. The number of ether oxygens (including phenoxy) is 1. The molecule has 2 rings (SSSR count). The number of rotatable bonds is 5. The molecule has 2 N–H and O–H groups in total. The predicted molar refractivity (Wildman–Crippen MR) is 94.1 cm³/mol. The van der Waals surface area contributed by atoms with Gasteiger partial charge in [-0.25, -0.2) is 0 Å². The maximum Gasteiger partial charge on any atom is 0.306 e. The van der Waals surface area contributed by atoms with Gasteiger partial charge in [-0.05, 0) is 43.4 Å². The van der Waals surface area contributed by atoms with Gasteiger partial charge in [-0.1, -0.05) is 17.7 Å². The molecule has 0 spiro atoms. The van der Waals surface area contributed by atoms with Crippen LogP contribution in [-0.4, -0.2) is 22.5 Å². The SMILES string of the molecule is Cc1ccc(OCC(=O)NC(=S)Nc2ccc(F)c([N+](=O)[O-])c2)cc1. The third-order valence-electron chi connectivity index (χ3n) is 3.04. The zero-order chi connectivity index (χ0) is 18.4. The first kappa shape index (κ1) is 18.3. The first-order chi connectivity index (χ1) is 11.8. The van der Waals surface area contributed by atoms with Gasteiger partial charge in [0.05, 0.1) is 4.92 Å². The van der Waals surface area contributed by atoms with E-state index < -0.39 is 22.3 Å². The lowest BCUT2D eigenvalue weighted by Crippen LogP contribution is -2.37. The van der Waals surface area contributed by atoms with Crippen molar-refractivity contribution in [3.05, 3.63) is 64.0 Å². The molecular formula is C16H14FN3O4S. The summed E-state index contributed by atoms with van der Waals surface area (Å²) in [4.78, 5) is 21.6. The Labute approximate surface area is 148 Å². The highest BCUT2D eigenvalue weighted by atomic mass is 32.1. The molecule has 0 heterocycles. The molecular weight excluding hydrogens is 349 g/mol. The van der Waals surface area contributed by atoms with Gasteiger partial charge in [0, 0.05) is 11.8 Å². The third-order valence-corrected chi connectivity index (χ3v) is 3.25. The second-order valence-electron chi connectivity index (χ2n) is 5.03. The number of nitro benzene ring substituents is 1. The number of halogens is 1. The van der Waals surface area contributed by atoms with Crippen LogP contribution in [0.2, 0.25) is 0 Å². The number of anilines is 1. The molecule has 0 atom stereocenters. The quantitative estimate of drug-likeness (QED) is 0.482. The van der Waals surface area contributed by atoms with Gasteiger partial charge < -0.3 is 10.1 Å². The second kappa shape index (κ2) is 8.15. The highest BCUT2D eigenvalue weighted by Crippen LogP contribution is 2.21. The summed E-state index contributed by atoms with van der Waals surface area (Å²) >= 11 is 4.94. The van der Waals surface area contributed by atoms with E-state index in [4.69, 9.17) is 17.0 Å². The van der Waals surface area contributed by atoms with Crippen LogP contribution < -0.4 is 15.4 Å². The minimum Gasteiger partial charge on any atom is -0.484 e. The number of carbonyl (C=O) groups is 1. The van der Waals surface area contributed by atoms with Crippen molar-refractivity contribution in [2.45, 2.75) is 6.92 Å². The fourth-order valence-electron chi connectivity index (χ4n) is 1.84. The zero-order valence-electron chi connectivity index (χ0n) is 13.1. The largest absolute Gasteiger partial charge is 0.484 e. The Kier molecular flexibility index (Phi) is 5.96. The summed E-state index contributed by atoms with van der Waals surface area (Å²) < 4.78 is 18.6. The van der Waals surface area contributed by atoms with E-state index in [1.54, 1.807) is 12.1 Å². The average molecular weight is 363 g/mol. The Hall–Kier alpha value is -3.07. The van der Waals surface area contributed by atoms with Crippen molar-refractivity contribution in [2.75, 3.05) is 11.9 Å². The Morgan fingerprint density at radius 1 is 1.28 bits per heavy atom. The number of carbonyl (C=O) groups excluding carboxylic acids is 1. The number of nitrogens with one attached hydrogen (secondary N) is 2. The van der Waals surface area contributed by atoms with Crippen LogP contribution in [0, 0.1) is 22.9 Å². The maximum absolute atomic E-state index is 13.3. The van der Waals surface area contributed by atoms with E-state index in [2.05, 4.69) is 10.6 Å². The van der Waals surface area contributed by atoms with E-state index in [-0.39, 0.29) is 17.4 Å². The van der Waals surface area contributed by atoms with E-state index in [0.717, 1.165) is 17.7 Å². The van der Waals surface area contributed by atoms with Gasteiger partial charge in [0.25, 0.3) is 5.91 Å². The monoisotopic (exact) mass is 363 g/mol. The van der Waals surface area contributed by atoms with Crippen molar-refractivity contribution in [3.8, 4) is 5.75 Å². The molecule has 0 aromatic heterocycles. The molecule has 25 heavy (non-hydrogen) atoms. The number of nitro groups is 1. The number of benzene rings is 2. The maximum atomic E-state index is 13.3. The first-order valence-corrected chi connectivity index (χ1v) is 7.50. The summed E-state index contributed by atoms with van der Waals surface area (Å²) in [6, 6.07) is 10.3. The van der Waals surface area contributed by atoms with Crippen LogP contribution in [0.3, 0.4) is 0 Å². The number of nitrogens with zero attached hydrogens (tertiary/aromatic N) is 1. The molecule has 0 aliphatic carbocycles. The van der Waals surface area contributed by atoms with Crippen molar-refractivity contribution in [1.82, 2.24) is 5.32 Å². The van der Waals surface area contributed by atoms with Gasteiger partial charge in [-0.2, -0.15) is 4.39 Å². The van der Waals surface area contributed by atoms with Crippen LogP contribution in [0.5, 0.6) is 5.75 Å². The third kappa shape index (κ3) is 5.50. The second-order valence-corrected chi connectivity index (χ2v) is 5.44. The summed E-state index contributed by atoms with van der Waals surface area (Å²) in [5.74, 6) is -0.930. The molecule has 2 aromatic carbocycles. The Bertz CT molecular complexity index is 812. The summed E-state index contributed by atoms with van der Waals surface area (Å²) in [5.41, 5.74) is 0.551. The van der Waals surface area contributed by atoms with Crippen molar-refractivity contribution in [1.29, 1.82) is 0 Å². The molecule has 0 aliphatic rings. The van der Waals surface area contributed by atoms with Gasteiger partial charge >= 0.3 is 5.69 Å². The molecule has 0 fully saturated rings. The Morgan fingerprint density at radius 3 is 2.60 bits per heavy atom. The highest BCUT2D eigenvalue weighted by molar-refractivity contribution is 7.80. The van der Waals surface area contributed by atoms with Gasteiger partial charge in [0.2, 0.25) is 5.82 Å². The number of amides is 1. The van der Waals surface area contributed by atoms with E-state index in [0.29, 0.717) is 5.75 Å². The van der Waals surface area contributed by atoms with E-state index in [1.165, 1.54) is 6.07 Å². The van der Waals surface area contributed by atoms with Crippen LogP contribution in [0.4, 0.5) is 15.8 Å². The molecule has 130 valence electrons. The lowest BCUT2D eigenvalue weighted by atomic mass is 10.2. The average Bonchev–Trinajstić information content (AvgIpc) is 2.55. The molecule has 0 saturated carbocycles. The lowest BCUT2D eigenvalue weighted by molar-refractivity contribution is -0.387. The van der Waals surface area contributed by atoms with E-state index in [1.807, 2.05) is 19.1 Å². The molecule has 7 nitrogen and oxygen atoms in total. The number of thiocarbonyl (C=S) groups is 1. The number of hydrogen-bond acceptors (Lipinski definition) is 5. The van der Waals surface area contributed by atoms with Crippen molar-refractivity contribution < 1.29 is 18.8 Å². The molecule has 0 radical (unpaired) electrons. The zero-order valence-corrected chi connectivity index (χ0v) is 13.9. The van der Waals surface area contributed by atoms with Crippen LogP contribution in [0.1, 0.15) is 5.56 Å². The number of hydrogen-bond donors (Lipinski definition) is 2. The first-order valence-electron chi connectivity index (χ1n) is 7.09. The summed E-state index contributed by atoms with van der Waals surface area (Å²) in [7, 11) is 0. The Morgan fingerprint density at radius 2 is 1.96 bits per heavy atom. The van der Waals surface area contributed by atoms with E-state index >= 15 is 0 Å². The molecule has 9 heteroatoms. The van der Waals surface area contributed by atoms with Gasteiger partial charge in [0.15, 0.2) is 11.7 Å². The van der Waals surface area contributed by atoms with Crippen LogP contribution in [0.25, 0.3) is 0 Å². The van der Waals surface area contributed by atoms with Gasteiger partial charge in [0.1, 0.15) is 5.75 Å². The lowest BCUT2D eigenvalue weighted by Gasteiger charge is -2.10. The molecule has 0 unspecified atom stereocenters. The van der Waals surface area contributed by atoms with Crippen LogP contribution >= 0.6 is 12.2 Å². The van der Waals surface area contributed by atoms with Crippen molar-refractivity contribution in [2.24, 2.45) is 0 Å². The van der Waals surface area contributed by atoms with Gasteiger partial charge in [-0.3, -0.25) is 20.2 Å². The minimum absolute atomic E-state index is 0.0848. The topological polar surface area (TPSA) is 93.5 Å². The molecule has 0 saturated heterocycles. The summed E-state index contributed by atoms with van der Waals surface area (Å²) in [5, 5.41) is 15.6. The van der Waals surface area contributed by atoms with Gasteiger partial charge in [-0.15, -0.1) is 0 Å². The van der Waals surface area contributed by atoms with Crippen LogP contribution in [0.15, 0.2) is 42.5 Å².